The number of amides is 2. The van der Waals surface area contributed by atoms with Gasteiger partial charge in [-0.2, -0.15) is 4.98 Å². The van der Waals surface area contributed by atoms with E-state index in [4.69, 9.17) is 15.2 Å². The highest BCUT2D eigenvalue weighted by Gasteiger charge is 2.27. The van der Waals surface area contributed by atoms with E-state index < -0.39 is 23.6 Å². The standard InChI is InChI=1S/C27H38N6O5/c1-26(2,3)17-11-16(23(35)37-7)12-19(13-17)30-22-20(21(28)34)14-29-24(32-22)33-10-8-9-18(15-33)31-25(36)38-27(4,5)6/h11-14,18H,8-10,15H2,1-7H3,(H2,28,34)(H,31,36)(H,29,30,32)/t18-/m0/s1. The van der Waals surface area contributed by atoms with Crippen molar-refractivity contribution in [3.05, 3.63) is 41.1 Å². The van der Waals surface area contributed by atoms with Gasteiger partial charge in [-0.05, 0) is 62.8 Å². The highest BCUT2D eigenvalue weighted by Crippen LogP contribution is 2.30. The van der Waals surface area contributed by atoms with E-state index in [1.54, 1.807) is 12.1 Å². The van der Waals surface area contributed by atoms with Gasteiger partial charge in [0.2, 0.25) is 5.95 Å². The second-order valence-corrected chi connectivity index (χ2v) is 11.4. The summed E-state index contributed by atoms with van der Waals surface area (Å²) < 4.78 is 10.3. The largest absolute Gasteiger partial charge is 0.465 e. The molecule has 1 aliphatic rings. The number of hydrogen-bond donors (Lipinski definition) is 3. The first kappa shape index (κ1) is 28.7. The summed E-state index contributed by atoms with van der Waals surface area (Å²) in [5, 5.41) is 6.07. The Hall–Kier alpha value is -3.89. The van der Waals surface area contributed by atoms with Gasteiger partial charge in [0.1, 0.15) is 17.0 Å². The molecule has 1 aromatic heterocycles. The quantitative estimate of drug-likeness (QED) is 0.476. The molecule has 2 amide bonds. The van der Waals surface area contributed by atoms with Crippen molar-refractivity contribution in [1.29, 1.82) is 0 Å². The Morgan fingerprint density at radius 1 is 1.11 bits per heavy atom. The summed E-state index contributed by atoms with van der Waals surface area (Å²) in [6.45, 7) is 12.7. The number of nitrogens with zero attached hydrogens (tertiary/aromatic N) is 3. The minimum atomic E-state index is -0.692. The molecule has 2 heterocycles. The normalized spacial score (nSPS) is 16.0. The number of ether oxygens (including phenoxy) is 2. The SMILES string of the molecule is COC(=O)c1cc(Nc2nc(N3CCC[C@H](NC(=O)OC(C)(C)C)C3)ncc2C(N)=O)cc(C(C)(C)C)c1. The first-order valence-electron chi connectivity index (χ1n) is 12.6. The molecule has 0 spiro atoms. The van der Waals surface area contributed by atoms with Crippen molar-refractivity contribution in [1.82, 2.24) is 15.3 Å². The molecule has 38 heavy (non-hydrogen) atoms. The number of primary amides is 1. The summed E-state index contributed by atoms with van der Waals surface area (Å²) in [6, 6.07) is 5.15. The minimum absolute atomic E-state index is 0.106. The van der Waals surface area contributed by atoms with Crippen LogP contribution in [0.25, 0.3) is 0 Å². The van der Waals surface area contributed by atoms with E-state index in [0.717, 1.165) is 18.4 Å². The van der Waals surface area contributed by atoms with Crippen molar-refractivity contribution in [3.63, 3.8) is 0 Å². The van der Waals surface area contributed by atoms with E-state index in [2.05, 4.69) is 20.6 Å². The summed E-state index contributed by atoms with van der Waals surface area (Å²) >= 11 is 0. The number of rotatable bonds is 6. The van der Waals surface area contributed by atoms with E-state index in [1.807, 2.05) is 52.5 Å². The monoisotopic (exact) mass is 526 g/mol. The van der Waals surface area contributed by atoms with Gasteiger partial charge in [0.05, 0.1) is 12.7 Å². The third-order valence-corrected chi connectivity index (χ3v) is 5.95. The fourth-order valence-corrected chi connectivity index (χ4v) is 4.06. The van der Waals surface area contributed by atoms with Gasteiger partial charge >= 0.3 is 12.1 Å². The maximum absolute atomic E-state index is 12.3. The maximum Gasteiger partial charge on any atom is 0.407 e. The molecule has 0 bridgehead atoms. The lowest BCUT2D eigenvalue weighted by atomic mass is 9.86. The number of carbonyl (C=O) groups is 3. The molecule has 11 heteroatoms. The second-order valence-electron chi connectivity index (χ2n) is 11.4. The van der Waals surface area contributed by atoms with Gasteiger partial charge in [-0.3, -0.25) is 4.79 Å². The maximum atomic E-state index is 12.3. The fourth-order valence-electron chi connectivity index (χ4n) is 4.06. The number of benzene rings is 1. The zero-order valence-electron chi connectivity index (χ0n) is 23.2. The molecule has 0 unspecified atom stereocenters. The molecule has 1 fully saturated rings. The molecule has 11 nitrogen and oxygen atoms in total. The zero-order valence-corrected chi connectivity index (χ0v) is 23.2. The molecule has 3 rings (SSSR count). The first-order chi connectivity index (χ1) is 17.7. The summed E-state index contributed by atoms with van der Waals surface area (Å²) in [5.41, 5.74) is 6.68. The minimum Gasteiger partial charge on any atom is -0.465 e. The van der Waals surface area contributed by atoms with Gasteiger partial charge in [-0.1, -0.05) is 20.8 Å². The Labute approximate surface area is 223 Å². The Morgan fingerprint density at radius 2 is 1.82 bits per heavy atom. The lowest BCUT2D eigenvalue weighted by molar-refractivity contribution is 0.0498. The number of aromatic nitrogens is 2. The van der Waals surface area contributed by atoms with Gasteiger partial charge in [-0.25, -0.2) is 14.6 Å². The molecule has 1 atom stereocenters. The highest BCUT2D eigenvalue weighted by atomic mass is 16.6. The zero-order chi connectivity index (χ0) is 28.3. The second kappa shape index (κ2) is 11.2. The van der Waals surface area contributed by atoms with Crippen molar-refractivity contribution < 1.29 is 23.9 Å². The lowest BCUT2D eigenvalue weighted by Crippen LogP contribution is -2.49. The number of hydrogen-bond acceptors (Lipinski definition) is 9. The van der Waals surface area contributed by atoms with Gasteiger partial charge in [0.15, 0.2) is 0 Å². The third kappa shape index (κ3) is 7.56. The van der Waals surface area contributed by atoms with Crippen LogP contribution in [-0.2, 0) is 14.9 Å². The number of carbonyl (C=O) groups excluding carboxylic acids is 3. The van der Waals surface area contributed by atoms with Crippen molar-refractivity contribution in [3.8, 4) is 0 Å². The first-order valence-corrected chi connectivity index (χ1v) is 12.6. The molecular formula is C27H38N6O5. The van der Waals surface area contributed by atoms with Gasteiger partial charge < -0.3 is 30.7 Å². The van der Waals surface area contributed by atoms with Crippen LogP contribution in [0.3, 0.4) is 0 Å². The smallest absolute Gasteiger partial charge is 0.407 e. The van der Waals surface area contributed by atoms with Crippen molar-refractivity contribution in [2.24, 2.45) is 5.73 Å². The number of esters is 1. The summed E-state index contributed by atoms with van der Waals surface area (Å²) in [5.74, 6) is -0.572. The number of nitrogens with two attached hydrogens (primary N) is 1. The lowest BCUT2D eigenvalue weighted by Gasteiger charge is -2.33. The van der Waals surface area contributed by atoms with Crippen LogP contribution in [0.1, 0.15) is 80.7 Å². The molecule has 206 valence electrons. The molecule has 1 saturated heterocycles. The molecule has 4 N–H and O–H groups in total. The molecule has 2 aromatic rings. The summed E-state index contributed by atoms with van der Waals surface area (Å²) in [6.07, 6.45) is 2.50. The van der Waals surface area contributed by atoms with Gasteiger partial charge in [0.25, 0.3) is 5.91 Å². The Bertz CT molecular complexity index is 1200. The van der Waals surface area contributed by atoms with Crippen LogP contribution >= 0.6 is 0 Å². The van der Waals surface area contributed by atoms with Crippen molar-refractivity contribution >= 4 is 35.4 Å². The molecular weight excluding hydrogens is 488 g/mol. The van der Waals surface area contributed by atoms with Crippen LogP contribution in [0.5, 0.6) is 0 Å². The number of anilines is 3. The van der Waals surface area contributed by atoms with E-state index in [0.29, 0.717) is 30.3 Å². The van der Waals surface area contributed by atoms with Gasteiger partial charge in [0, 0.05) is 31.0 Å². The van der Waals surface area contributed by atoms with Crippen LogP contribution in [-0.4, -0.2) is 59.8 Å². The predicted octanol–water partition coefficient (Wildman–Crippen LogP) is 3.90. The topological polar surface area (TPSA) is 149 Å². The average molecular weight is 527 g/mol. The average Bonchev–Trinajstić information content (AvgIpc) is 2.81. The molecule has 1 aliphatic heterocycles. The van der Waals surface area contributed by atoms with Crippen molar-refractivity contribution in [2.75, 3.05) is 30.4 Å². The van der Waals surface area contributed by atoms with Crippen LogP contribution < -0.4 is 21.3 Å². The van der Waals surface area contributed by atoms with Crippen molar-refractivity contribution in [2.45, 2.75) is 71.4 Å². The molecule has 1 aromatic carbocycles. The number of nitrogens with one attached hydrogen (secondary N) is 2. The van der Waals surface area contributed by atoms with Crippen LogP contribution in [0, 0.1) is 0 Å². The number of piperidine rings is 1. The van der Waals surface area contributed by atoms with Crippen LogP contribution in [0.15, 0.2) is 24.4 Å². The molecule has 0 aliphatic carbocycles. The van der Waals surface area contributed by atoms with Crippen LogP contribution in [0.2, 0.25) is 0 Å². The Kier molecular flexibility index (Phi) is 8.48. The number of alkyl carbamates (subject to hydrolysis) is 1. The molecule has 0 saturated carbocycles. The Balaban J connectivity index is 1.90. The predicted molar refractivity (Wildman–Crippen MR) is 145 cm³/mol. The van der Waals surface area contributed by atoms with E-state index in [1.165, 1.54) is 13.3 Å². The fraction of sp³-hybridized carbons (Fsp3) is 0.519. The van der Waals surface area contributed by atoms with Crippen LogP contribution in [0.4, 0.5) is 22.2 Å². The summed E-state index contributed by atoms with van der Waals surface area (Å²) in [7, 11) is 1.32. The van der Waals surface area contributed by atoms with E-state index in [9.17, 15) is 14.4 Å². The summed E-state index contributed by atoms with van der Waals surface area (Å²) in [4.78, 5) is 47.7. The van der Waals surface area contributed by atoms with E-state index >= 15 is 0 Å². The Morgan fingerprint density at radius 3 is 2.42 bits per heavy atom. The molecule has 0 radical (unpaired) electrons. The third-order valence-electron chi connectivity index (χ3n) is 5.95. The number of methoxy groups -OCH3 is 1. The van der Waals surface area contributed by atoms with E-state index in [-0.39, 0.29) is 22.8 Å². The van der Waals surface area contributed by atoms with Gasteiger partial charge in [-0.15, -0.1) is 0 Å². The highest BCUT2D eigenvalue weighted by molar-refractivity contribution is 5.98.